The van der Waals surface area contributed by atoms with Crippen molar-refractivity contribution in [3.8, 4) is 12.3 Å². The second-order valence-corrected chi connectivity index (χ2v) is 2.40. The van der Waals surface area contributed by atoms with E-state index in [0.717, 1.165) is 0 Å². The zero-order valence-electron chi connectivity index (χ0n) is 7.26. The number of amides is 4. The van der Waals surface area contributed by atoms with Crippen LogP contribution in [-0.2, 0) is 0 Å². The highest BCUT2D eigenvalue weighted by molar-refractivity contribution is 5.79. The number of urea groups is 2. The molecule has 0 saturated carbocycles. The zero-order chi connectivity index (χ0) is 10.3. The van der Waals surface area contributed by atoms with Gasteiger partial charge in [-0.1, -0.05) is 0 Å². The lowest BCUT2D eigenvalue weighted by molar-refractivity contribution is 0.226. The van der Waals surface area contributed by atoms with Gasteiger partial charge >= 0.3 is 12.1 Å². The Hall–Kier alpha value is -1.90. The number of nitrogens with two attached hydrogens (primary N) is 1. The molecule has 0 heterocycles. The number of terminal acetylenes is 1. The Morgan fingerprint density at radius 1 is 1.54 bits per heavy atom. The van der Waals surface area contributed by atoms with Gasteiger partial charge < -0.3 is 11.1 Å². The van der Waals surface area contributed by atoms with Crippen molar-refractivity contribution in [2.75, 3.05) is 0 Å². The molecular formula is C7H12N4O2. The standard InChI is InChI=1S/C7H12N4O2/c1-3-4-5(2)9-7(13)11-10-6(8)12/h1,5H,4H2,2H3,(H3,8,10,12)(H2,9,11,13). The topological polar surface area (TPSA) is 96.2 Å². The number of rotatable bonds is 2. The first-order valence-electron chi connectivity index (χ1n) is 3.61. The van der Waals surface area contributed by atoms with E-state index in [1.165, 1.54) is 0 Å². The molecule has 5 N–H and O–H groups in total. The molecule has 4 amide bonds. The Labute approximate surface area is 76.2 Å². The van der Waals surface area contributed by atoms with Crippen molar-refractivity contribution in [2.45, 2.75) is 19.4 Å². The lowest BCUT2D eigenvalue weighted by atomic mass is 10.2. The highest BCUT2D eigenvalue weighted by atomic mass is 16.2. The fraction of sp³-hybridized carbons (Fsp3) is 0.429. The Morgan fingerprint density at radius 3 is 2.62 bits per heavy atom. The maximum Gasteiger partial charge on any atom is 0.333 e. The van der Waals surface area contributed by atoms with Gasteiger partial charge in [-0.15, -0.1) is 12.3 Å². The van der Waals surface area contributed by atoms with Gasteiger partial charge in [0.1, 0.15) is 0 Å². The smallest absolute Gasteiger partial charge is 0.333 e. The summed E-state index contributed by atoms with van der Waals surface area (Å²) in [7, 11) is 0. The van der Waals surface area contributed by atoms with E-state index in [9.17, 15) is 9.59 Å². The lowest BCUT2D eigenvalue weighted by Crippen LogP contribution is -2.50. The second kappa shape index (κ2) is 5.71. The van der Waals surface area contributed by atoms with Crippen LogP contribution in [-0.4, -0.2) is 18.1 Å². The molecule has 0 radical (unpaired) electrons. The molecule has 0 fully saturated rings. The summed E-state index contributed by atoms with van der Waals surface area (Å²) in [4.78, 5) is 21.0. The average Bonchev–Trinajstić information content (AvgIpc) is 2.01. The van der Waals surface area contributed by atoms with Crippen molar-refractivity contribution in [1.29, 1.82) is 0 Å². The van der Waals surface area contributed by atoms with Crippen LogP contribution in [0.15, 0.2) is 0 Å². The fourth-order valence-corrected chi connectivity index (χ4v) is 0.606. The summed E-state index contributed by atoms with van der Waals surface area (Å²) in [5.74, 6) is 2.38. The van der Waals surface area contributed by atoms with Gasteiger partial charge in [0.2, 0.25) is 0 Å². The zero-order valence-corrected chi connectivity index (χ0v) is 7.26. The Morgan fingerprint density at radius 2 is 2.15 bits per heavy atom. The highest BCUT2D eigenvalue weighted by Gasteiger charge is 2.04. The minimum atomic E-state index is -0.834. The van der Waals surface area contributed by atoms with Gasteiger partial charge in [-0.2, -0.15) is 0 Å². The minimum absolute atomic E-state index is 0.153. The molecule has 0 aliphatic heterocycles. The average molecular weight is 184 g/mol. The molecule has 0 aromatic rings. The molecule has 13 heavy (non-hydrogen) atoms. The molecule has 0 rings (SSSR count). The molecular weight excluding hydrogens is 172 g/mol. The number of hydrazine groups is 1. The number of carbonyl (C=O) groups is 2. The molecule has 0 aliphatic rings. The van der Waals surface area contributed by atoms with Crippen molar-refractivity contribution in [2.24, 2.45) is 5.73 Å². The third-order valence-corrected chi connectivity index (χ3v) is 1.10. The second-order valence-electron chi connectivity index (χ2n) is 2.40. The van der Waals surface area contributed by atoms with Crippen LogP contribution in [0.4, 0.5) is 9.59 Å². The molecule has 0 saturated heterocycles. The van der Waals surface area contributed by atoms with E-state index >= 15 is 0 Å². The van der Waals surface area contributed by atoms with Crippen LogP contribution in [0.1, 0.15) is 13.3 Å². The largest absolute Gasteiger partial charge is 0.350 e. The number of hydrogen-bond donors (Lipinski definition) is 4. The Balaban J connectivity index is 3.63. The van der Waals surface area contributed by atoms with Crippen molar-refractivity contribution < 1.29 is 9.59 Å². The summed E-state index contributed by atoms with van der Waals surface area (Å²) in [6, 6.07) is -1.54. The van der Waals surface area contributed by atoms with E-state index in [1.807, 2.05) is 10.9 Å². The SMILES string of the molecule is C#CCC(C)NC(=O)NNC(N)=O. The van der Waals surface area contributed by atoms with Gasteiger partial charge in [-0.05, 0) is 6.92 Å². The maximum absolute atomic E-state index is 10.9. The maximum atomic E-state index is 10.9. The monoisotopic (exact) mass is 184 g/mol. The highest BCUT2D eigenvalue weighted by Crippen LogP contribution is 1.85. The predicted molar refractivity (Wildman–Crippen MR) is 47.3 cm³/mol. The van der Waals surface area contributed by atoms with Crippen molar-refractivity contribution >= 4 is 12.1 Å². The van der Waals surface area contributed by atoms with Gasteiger partial charge in [-0.25, -0.2) is 20.4 Å². The van der Waals surface area contributed by atoms with Crippen LogP contribution in [0.5, 0.6) is 0 Å². The first-order valence-corrected chi connectivity index (χ1v) is 3.61. The van der Waals surface area contributed by atoms with Crippen LogP contribution < -0.4 is 21.9 Å². The molecule has 0 bridgehead atoms. The molecule has 0 aromatic heterocycles. The van der Waals surface area contributed by atoms with Crippen LogP contribution in [0.25, 0.3) is 0 Å². The fourth-order valence-electron chi connectivity index (χ4n) is 0.606. The molecule has 0 aromatic carbocycles. The van der Waals surface area contributed by atoms with Crippen molar-refractivity contribution in [1.82, 2.24) is 16.2 Å². The first kappa shape index (κ1) is 11.1. The van der Waals surface area contributed by atoms with Crippen LogP contribution in [0.2, 0.25) is 0 Å². The normalized spacial score (nSPS) is 10.8. The molecule has 6 nitrogen and oxygen atoms in total. The predicted octanol–water partition coefficient (Wildman–Crippen LogP) is -0.719. The van der Waals surface area contributed by atoms with Crippen LogP contribution >= 0.6 is 0 Å². The van der Waals surface area contributed by atoms with Gasteiger partial charge in [0.25, 0.3) is 0 Å². The number of carbonyl (C=O) groups excluding carboxylic acids is 2. The molecule has 1 unspecified atom stereocenters. The molecule has 6 heteroatoms. The summed E-state index contributed by atoms with van der Waals surface area (Å²) in [5.41, 5.74) is 8.65. The van der Waals surface area contributed by atoms with E-state index in [1.54, 1.807) is 6.92 Å². The third kappa shape index (κ3) is 6.50. The number of nitrogens with one attached hydrogen (secondary N) is 3. The van der Waals surface area contributed by atoms with Gasteiger partial charge in [-0.3, -0.25) is 0 Å². The van der Waals surface area contributed by atoms with E-state index in [0.29, 0.717) is 6.42 Å². The van der Waals surface area contributed by atoms with Gasteiger partial charge in [0.05, 0.1) is 0 Å². The summed E-state index contributed by atoms with van der Waals surface area (Å²) in [5, 5.41) is 2.47. The Kier molecular flexibility index (Phi) is 4.88. The number of hydrogen-bond acceptors (Lipinski definition) is 2. The molecule has 0 aliphatic carbocycles. The number of primary amides is 1. The quantitative estimate of drug-likeness (QED) is 0.336. The lowest BCUT2D eigenvalue weighted by Gasteiger charge is -2.11. The molecule has 1 atom stereocenters. The summed E-state index contributed by atoms with van der Waals surface area (Å²) in [6.45, 7) is 1.74. The van der Waals surface area contributed by atoms with Crippen molar-refractivity contribution in [3.63, 3.8) is 0 Å². The first-order chi connectivity index (χ1) is 6.06. The van der Waals surface area contributed by atoms with Gasteiger partial charge in [0.15, 0.2) is 0 Å². The summed E-state index contributed by atoms with van der Waals surface area (Å²) < 4.78 is 0. The third-order valence-electron chi connectivity index (χ3n) is 1.10. The van der Waals surface area contributed by atoms with Gasteiger partial charge in [0, 0.05) is 12.5 Å². The van der Waals surface area contributed by atoms with E-state index in [2.05, 4.69) is 11.2 Å². The minimum Gasteiger partial charge on any atom is -0.350 e. The molecule has 72 valence electrons. The van der Waals surface area contributed by atoms with Crippen molar-refractivity contribution in [3.05, 3.63) is 0 Å². The van der Waals surface area contributed by atoms with E-state index in [4.69, 9.17) is 12.2 Å². The summed E-state index contributed by atoms with van der Waals surface area (Å²) >= 11 is 0. The molecule has 0 spiro atoms. The summed E-state index contributed by atoms with van der Waals surface area (Å²) in [6.07, 6.45) is 5.44. The van der Waals surface area contributed by atoms with E-state index in [-0.39, 0.29) is 6.04 Å². The van der Waals surface area contributed by atoms with Crippen LogP contribution in [0, 0.1) is 12.3 Å². The Bertz CT molecular complexity index is 233. The van der Waals surface area contributed by atoms with E-state index < -0.39 is 12.1 Å². The van der Waals surface area contributed by atoms with Crippen LogP contribution in [0.3, 0.4) is 0 Å².